The van der Waals surface area contributed by atoms with Gasteiger partial charge in [-0.3, -0.25) is 9.48 Å². The molecule has 7 nitrogen and oxygen atoms in total. The van der Waals surface area contributed by atoms with Crippen molar-refractivity contribution in [2.24, 2.45) is 7.05 Å². The van der Waals surface area contributed by atoms with E-state index in [1.165, 1.54) is 17.1 Å². The summed E-state index contributed by atoms with van der Waals surface area (Å²) in [5, 5.41) is 3.77. The number of amides is 1. The molecule has 0 unspecified atom stereocenters. The molecule has 0 aliphatic heterocycles. The number of carbonyl (C=O) groups is 1. The number of rotatable bonds is 6. The molecule has 1 N–H and O–H groups in total. The fraction of sp³-hybridized carbons (Fsp3) is 0.333. The third-order valence-electron chi connectivity index (χ3n) is 3.32. The first kappa shape index (κ1) is 17.0. The fourth-order valence-electron chi connectivity index (χ4n) is 1.86. The summed E-state index contributed by atoms with van der Waals surface area (Å²) in [5.41, 5.74) is 2.24. The summed E-state index contributed by atoms with van der Waals surface area (Å²) < 4.78 is 32.7. The summed E-state index contributed by atoms with van der Waals surface area (Å²) in [7, 11) is -2.29. The van der Waals surface area contributed by atoms with Crippen LogP contribution in [0.2, 0.25) is 0 Å². The van der Waals surface area contributed by atoms with Gasteiger partial charge < -0.3 is 4.74 Å². The van der Waals surface area contributed by atoms with Gasteiger partial charge in [0.15, 0.2) is 0 Å². The largest absolute Gasteiger partial charge is 0.493 e. The molecule has 0 aliphatic carbocycles. The number of nitrogens with zero attached hydrogens (tertiary/aromatic N) is 2. The van der Waals surface area contributed by atoms with Gasteiger partial charge >= 0.3 is 0 Å². The van der Waals surface area contributed by atoms with Crippen LogP contribution in [0.1, 0.15) is 17.5 Å². The smallest absolute Gasteiger partial charge is 0.267 e. The number of benzene rings is 1. The van der Waals surface area contributed by atoms with Crippen molar-refractivity contribution in [2.45, 2.75) is 25.2 Å². The Balaban J connectivity index is 1.86. The molecule has 0 aliphatic rings. The Morgan fingerprint density at radius 1 is 1.30 bits per heavy atom. The Bertz CT molecular complexity index is 812. The van der Waals surface area contributed by atoms with E-state index in [0.717, 1.165) is 11.1 Å². The third-order valence-corrected chi connectivity index (χ3v) is 4.64. The average Bonchev–Trinajstić information content (AvgIpc) is 2.90. The highest BCUT2D eigenvalue weighted by Gasteiger charge is 2.19. The predicted octanol–water partition coefficient (Wildman–Crippen LogP) is 1.31. The van der Waals surface area contributed by atoms with E-state index >= 15 is 0 Å². The van der Waals surface area contributed by atoms with Crippen molar-refractivity contribution in [3.05, 3.63) is 41.7 Å². The predicted molar refractivity (Wildman–Crippen MR) is 84.6 cm³/mol. The highest BCUT2D eigenvalue weighted by molar-refractivity contribution is 7.90. The third kappa shape index (κ3) is 4.56. The number of hydrogen-bond acceptors (Lipinski definition) is 5. The van der Waals surface area contributed by atoms with Gasteiger partial charge in [-0.25, -0.2) is 13.1 Å². The SMILES string of the molecule is Cc1ccc(OCCC(=O)NS(=O)(=O)c2cnn(C)c2)cc1C. The van der Waals surface area contributed by atoms with E-state index < -0.39 is 15.9 Å². The van der Waals surface area contributed by atoms with Crippen LogP contribution in [-0.4, -0.2) is 30.7 Å². The van der Waals surface area contributed by atoms with Gasteiger partial charge in [0.25, 0.3) is 10.0 Å². The first-order valence-electron chi connectivity index (χ1n) is 7.02. The van der Waals surface area contributed by atoms with Gasteiger partial charge in [0.1, 0.15) is 10.6 Å². The fourth-order valence-corrected chi connectivity index (χ4v) is 2.86. The number of carbonyl (C=O) groups excluding carboxylic acids is 1. The van der Waals surface area contributed by atoms with E-state index in [1.54, 1.807) is 7.05 Å². The molecule has 2 aromatic rings. The van der Waals surface area contributed by atoms with Crippen molar-refractivity contribution >= 4 is 15.9 Å². The summed E-state index contributed by atoms with van der Waals surface area (Å²) in [6, 6.07) is 5.61. The quantitative estimate of drug-likeness (QED) is 0.858. The van der Waals surface area contributed by atoms with Gasteiger partial charge in [0, 0.05) is 13.2 Å². The molecule has 0 spiro atoms. The second-order valence-corrected chi connectivity index (χ2v) is 6.91. The molecule has 1 heterocycles. The van der Waals surface area contributed by atoms with E-state index in [-0.39, 0.29) is 17.9 Å². The summed E-state index contributed by atoms with van der Waals surface area (Å²) >= 11 is 0. The number of aryl methyl sites for hydroxylation is 3. The van der Waals surface area contributed by atoms with E-state index in [1.807, 2.05) is 36.8 Å². The zero-order valence-corrected chi connectivity index (χ0v) is 14.1. The Hall–Kier alpha value is -2.35. The molecule has 1 aromatic heterocycles. The van der Waals surface area contributed by atoms with Crippen molar-refractivity contribution < 1.29 is 17.9 Å². The highest BCUT2D eigenvalue weighted by Crippen LogP contribution is 2.16. The molecule has 0 saturated heterocycles. The van der Waals surface area contributed by atoms with Crippen LogP contribution in [0.15, 0.2) is 35.5 Å². The van der Waals surface area contributed by atoms with Crippen molar-refractivity contribution in [2.75, 3.05) is 6.61 Å². The number of aromatic nitrogens is 2. The topological polar surface area (TPSA) is 90.3 Å². The van der Waals surface area contributed by atoms with Crippen molar-refractivity contribution in [1.29, 1.82) is 0 Å². The van der Waals surface area contributed by atoms with Crippen LogP contribution in [0.3, 0.4) is 0 Å². The molecule has 1 amide bonds. The lowest BCUT2D eigenvalue weighted by atomic mass is 10.1. The Morgan fingerprint density at radius 2 is 2.04 bits per heavy atom. The van der Waals surface area contributed by atoms with Gasteiger partial charge in [0.2, 0.25) is 5.91 Å². The van der Waals surface area contributed by atoms with E-state index in [9.17, 15) is 13.2 Å². The molecule has 0 saturated carbocycles. The molecular weight excluding hydrogens is 318 g/mol. The number of nitrogens with one attached hydrogen (secondary N) is 1. The number of sulfonamides is 1. The second-order valence-electron chi connectivity index (χ2n) is 5.22. The first-order chi connectivity index (χ1) is 10.8. The van der Waals surface area contributed by atoms with Crippen molar-refractivity contribution in [3.63, 3.8) is 0 Å². The van der Waals surface area contributed by atoms with E-state index in [4.69, 9.17) is 4.74 Å². The minimum Gasteiger partial charge on any atom is -0.493 e. The summed E-state index contributed by atoms with van der Waals surface area (Å²) in [6.45, 7) is 4.06. The minimum atomic E-state index is -3.88. The summed E-state index contributed by atoms with van der Waals surface area (Å²) in [5.74, 6) is 0.0219. The standard InChI is InChI=1S/C15H19N3O4S/c1-11-4-5-13(8-12(11)2)22-7-6-15(19)17-23(20,21)14-9-16-18(3)10-14/h4-5,8-10H,6-7H2,1-3H3,(H,17,19). The van der Waals surface area contributed by atoms with Crippen molar-refractivity contribution in [1.82, 2.24) is 14.5 Å². The zero-order valence-electron chi connectivity index (χ0n) is 13.2. The van der Waals surface area contributed by atoms with E-state index in [0.29, 0.717) is 5.75 Å². The molecule has 124 valence electrons. The molecule has 8 heteroatoms. The maximum absolute atomic E-state index is 11.9. The molecule has 23 heavy (non-hydrogen) atoms. The average molecular weight is 337 g/mol. The van der Waals surface area contributed by atoms with Gasteiger partial charge in [-0.1, -0.05) is 6.07 Å². The van der Waals surface area contributed by atoms with Gasteiger partial charge in [0.05, 0.1) is 19.2 Å². The monoisotopic (exact) mass is 337 g/mol. The summed E-state index contributed by atoms with van der Waals surface area (Å²) in [4.78, 5) is 11.7. The van der Waals surface area contributed by atoms with Crippen molar-refractivity contribution in [3.8, 4) is 5.75 Å². The Kier molecular flexibility index (Phi) is 5.05. The molecule has 0 fully saturated rings. The van der Waals surface area contributed by atoms with Crippen LogP contribution in [-0.2, 0) is 21.9 Å². The molecule has 0 bridgehead atoms. The minimum absolute atomic E-state index is 0.0524. The lowest BCUT2D eigenvalue weighted by Crippen LogP contribution is -2.31. The Morgan fingerprint density at radius 3 is 2.65 bits per heavy atom. The van der Waals surface area contributed by atoms with E-state index in [2.05, 4.69) is 5.10 Å². The van der Waals surface area contributed by atoms with Gasteiger partial charge in [-0.2, -0.15) is 5.10 Å². The van der Waals surface area contributed by atoms with Crippen LogP contribution < -0.4 is 9.46 Å². The van der Waals surface area contributed by atoms with Crippen LogP contribution in [0.4, 0.5) is 0 Å². The van der Waals surface area contributed by atoms with Gasteiger partial charge in [-0.15, -0.1) is 0 Å². The van der Waals surface area contributed by atoms with Crippen LogP contribution in [0.25, 0.3) is 0 Å². The molecule has 0 atom stereocenters. The van der Waals surface area contributed by atoms with Gasteiger partial charge in [-0.05, 0) is 37.1 Å². The molecule has 2 rings (SSSR count). The lowest BCUT2D eigenvalue weighted by molar-refractivity contribution is -0.119. The van der Waals surface area contributed by atoms with Crippen LogP contribution >= 0.6 is 0 Å². The first-order valence-corrected chi connectivity index (χ1v) is 8.50. The van der Waals surface area contributed by atoms with Crippen LogP contribution in [0, 0.1) is 13.8 Å². The Labute approximate surface area is 135 Å². The normalized spacial score (nSPS) is 11.3. The number of hydrogen-bond donors (Lipinski definition) is 1. The zero-order chi connectivity index (χ0) is 17.0. The second kappa shape index (κ2) is 6.82. The number of ether oxygens (including phenoxy) is 1. The highest BCUT2D eigenvalue weighted by atomic mass is 32.2. The molecule has 1 aromatic carbocycles. The maximum Gasteiger partial charge on any atom is 0.267 e. The molecular formula is C15H19N3O4S. The maximum atomic E-state index is 11.9. The van der Waals surface area contributed by atoms with Crippen LogP contribution in [0.5, 0.6) is 5.75 Å². The molecule has 0 radical (unpaired) electrons. The summed E-state index contributed by atoms with van der Waals surface area (Å²) in [6.07, 6.45) is 2.44. The lowest BCUT2D eigenvalue weighted by Gasteiger charge is -2.08.